The van der Waals surface area contributed by atoms with E-state index in [-0.39, 0.29) is 5.95 Å². The predicted octanol–water partition coefficient (Wildman–Crippen LogP) is 5.08. The van der Waals surface area contributed by atoms with Crippen molar-refractivity contribution in [3.8, 4) is 0 Å². The van der Waals surface area contributed by atoms with Crippen LogP contribution in [-0.4, -0.2) is 38.2 Å². The molecule has 2 heterocycles. The molecule has 0 unspecified atom stereocenters. The molecule has 0 aliphatic carbocycles. The quantitative estimate of drug-likeness (QED) is 0.207. The molecule has 0 radical (unpaired) electrons. The van der Waals surface area contributed by atoms with Gasteiger partial charge in [-0.25, -0.2) is 4.98 Å². The van der Waals surface area contributed by atoms with Gasteiger partial charge in [-0.15, -0.1) is 0 Å². The van der Waals surface area contributed by atoms with Crippen LogP contribution >= 0.6 is 23.9 Å². The topological polar surface area (TPSA) is 119 Å². The van der Waals surface area contributed by atoms with Crippen LogP contribution in [0.25, 0.3) is 11.0 Å². The first-order chi connectivity index (χ1) is 15.3. The average molecular weight is 516 g/mol. The molecule has 2 N–H and O–H groups in total. The lowest BCUT2D eigenvalue weighted by atomic mass is 10.2. The molecule has 0 aliphatic heterocycles. The summed E-state index contributed by atoms with van der Waals surface area (Å²) in [6, 6.07) is 7.31. The molecule has 162 valence electrons. The molecule has 2 aromatic heterocycles. The van der Waals surface area contributed by atoms with Crippen molar-refractivity contribution < 1.29 is 9.31 Å². The van der Waals surface area contributed by atoms with E-state index < -0.39 is 24.3 Å². The number of rotatable bonds is 6. The maximum atomic E-state index is 13.6. The minimum absolute atomic E-state index is 0.189. The smallest absolute Gasteiger partial charge is 0.306 e. The maximum absolute atomic E-state index is 13.6. The van der Waals surface area contributed by atoms with Crippen molar-refractivity contribution in [2.24, 2.45) is 0 Å². The monoisotopic (exact) mass is 515 g/mol. The molecule has 4 aromatic rings. The largest absolute Gasteiger partial charge is 0.339 e. The first-order valence-corrected chi connectivity index (χ1v) is 12.3. The summed E-state index contributed by atoms with van der Waals surface area (Å²) in [5.74, 6) is -0.239. The summed E-state index contributed by atoms with van der Waals surface area (Å²) < 4.78 is 14.2. The van der Waals surface area contributed by atoms with Crippen molar-refractivity contribution in [2.75, 3.05) is 24.0 Å². The maximum Gasteiger partial charge on any atom is 0.306 e. The molecule has 12 heteroatoms. The molecule has 0 spiro atoms. The number of fused-ring (bicyclic) bond motifs is 1. The van der Waals surface area contributed by atoms with Gasteiger partial charge < -0.3 is 10.6 Å². The van der Waals surface area contributed by atoms with E-state index >= 15 is 0 Å². The Bertz CT molecular complexity index is 1340. The Hall–Kier alpha value is -3.30. The summed E-state index contributed by atoms with van der Waals surface area (Å²) >= 11 is 3.45. The molecular weight excluding hydrogens is 500 g/mol. The zero-order chi connectivity index (χ0) is 22.8. The van der Waals surface area contributed by atoms with Gasteiger partial charge in [-0.05, 0) is 53.5 Å². The van der Waals surface area contributed by atoms with E-state index in [4.69, 9.17) is 0 Å². The third-order valence-electron chi connectivity index (χ3n) is 4.46. The number of aromatic nitrogens is 4. The number of hydrogen-bond donors (Lipinski definition) is 2. The summed E-state index contributed by atoms with van der Waals surface area (Å²) in [7, 11) is -0.521. The van der Waals surface area contributed by atoms with Gasteiger partial charge in [0.05, 0.1) is 20.4 Å². The highest BCUT2D eigenvalue weighted by atomic mass is 79.9. The Balaban J connectivity index is 1.68. The van der Waals surface area contributed by atoms with Crippen molar-refractivity contribution in [1.29, 1.82) is 0 Å². The van der Waals surface area contributed by atoms with Crippen molar-refractivity contribution >= 4 is 69.0 Å². The number of nitrogens with one attached hydrogen (secondary N) is 2. The number of anilines is 4. The molecule has 9 nitrogen and oxygen atoms in total. The van der Waals surface area contributed by atoms with E-state index in [1.165, 1.54) is 6.07 Å². The second-order valence-electron chi connectivity index (χ2n) is 6.84. The van der Waals surface area contributed by atoms with Gasteiger partial charge in [0, 0.05) is 41.3 Å². The third-order valence-corrected chi connectivity index (χ3v) is 6.38. The summed E-state index contributed by atoms with van der Waals surface area (Å²) in [5, 5.41) is 18.2. The molecule has 32 heavy (non-hydrogen) atoms. The number of benzene rings is 2. The zero-order valence-corrected chi connectivity index (χ0v) is 19.4. The van der Waals surface area contributed by atoms with Gasteiger partial charge in [-0.3, -0.25) is 20.1 Å². The van der Waals surface area contributed by atoms with E-state index in [0.29, 0.717) is 16.0 Å². The van der Waals surface area contributed by atoms with Crippen molar-refractivity contribution in [2.45, 2.75) is 0 Å². The van der Waals surface area contributed by atoms with Gasteiger partial charge in [-0.1, -0.05) is 7.92 Å². The predicted molar refractivity (Wildman–Crippen MR) is 127 cm³/mol. The summed E-state index contributed by atoms with van der Waals surface area (Å²) in [5.41, 5.74) is 2.14. The molecular formula is C20H16BrFN7O2P. The van der Waals surface area contributed by atoms with E-state index in [9.17, 15) is 14.5 Å². The lowest BCUT2D eigenvalue weighted by molar-refractivity contribution is -0.387. The van der Waals surface area contributed by atoms with Crippen molar-refractivity contribution in [3.63, 3.8) is 0 Å². The van der Waals surface area contributed by atoms with Crippen molar-refractivity contribution in [3.05, 3.63) is 69.3 Å². The molecule has 2 aromatic carbocycles. The van der Waals surface area contributed by atoms with Crippen LogP contribution in [0.2, 0.25) is 0 Å². The standard InChI is InChI=1S/C20H16BrFN7O2P/c1-32(2)18-15(6-5-14-17(18)24-8-7-23-14)27-19-12(21)10-25-20(28-19)26-11-3-4-13(22)16(9-11)29(30)31/h3-10H,1-2H3,(H2,25,26,27,28). The fourth-order valence-electron chi connectivity index (χ4n) is 3.08. The summed E-state index contributed by atoms with van der Waals surface area (Å²) in [6.07, 6.45) is 4.88. The average Bonchev–Trinajstić information content (AvgIpc) is 2.76. The number of hydrogen-bond acceptors (Lipinski definition) is 8. The Morgan fingerprint density at radius 2 is 1.88 bits per heavy atom. The van der Waals surface area contributed by atoms with Crippen LogP contribution in [0, 0.1) is 15.9 Å². The van der Waals surface area contributed by atoms with E-state index in [2.05, 4.69) is 59.8 Å². The van der Waals surface area contributed by atoms with E-state index in [0.717, 1.165) is 34.2 Å². The summed E-state index contributed by atoms with van der Waals surface area (Å²) in [6.45, 7) is 4.26. The second kappa shape index (κ2) is 9.05. The zero-order valence-electron chi connectivity index (χ0n) is 16.9. The molecule has 0 atom stereocenters. The fourth-order valence-corrected chi connectivity index (χ4v) is 4.58. The van der Waals surface area contributed by atoms with Crippen LogP contribution in [0.1, 0.15) is 0 Å². The lowest BCUT2D eigenvalue weighted by Gasteiger charge is -2.17. The number of nitro benzene ring substituents is 1. The third kappa shape index (κ3) is 4.49. The number of nitrogens with zero attached hydrogens (tertiary/aromatic N) is 5. The van der Waals surface area contributed by atoms with Gasteiger partial charge in [-0.2, -0.15) is 9.37 Å². The Kier molecular flexibility index (Phi) is 6.20. The van der Waals surface area contributed by atoms with Crippen LogP contribution in [0.15, 0.2) is 53.4 Å². The Labute approximate surface area is 191 Å². The van der Waals surface area contributed by atoms with Crippen molar-refractivity contribution in [1.82, 2.24) is 19.9 Å². The molecule has 0 aliphatic rings. The highest BCUT2D eigenvalue weighted by Gasteiger charge is 2.17. The molecule has 0 bridgehead atoms. The van der Waals surface area contributed by atoms with Gasteiger partial charge in [0.15, 0.2) is 0 Å². The van der Waals surface area contributed by atoms with Crippen LogP contribution in [0.3, 0.4) is 0 Å². The number of halogens is 2. The Morgan fingerprint density at radius 1 is 1.09 bits per heavy atom. The highest BCUT2D eigenvalue weighted by Crippen LogP contribution is 2.34. The first kappa shape index (κ1) is 21.9. The van der Waals surface area contributed by atoms with E-state index in [1.807, 2.05) is 12.1 Å². The molecule has 0 fully saturated rings. The molecule has 0 saturated carbocycles. The molecule has 4 rings (SSSR count). The highest BCUT2D eigenvalue weighted by molar-refractivity contribution is 9.10. The SMILES string of the molecule is CP(C)c1c(Nc2nc(Nc3ccc(F)c([N+](=O)[O-])c3)ncc2Br)ccc2nccnc12. The lowest BCUT2D eigenvalue weighted by Crippen LogP contribution is -2.12. The normalized spacial score (nSPS) is 11.0. The minimum Gasteiger partial charge on any atom is -0.339 e. The van der Waals surface area contributed by atoms with Crippen LogP contribution in [0.4, 0.5) is 33.2 Å². The number of nitro groups is 1. The van der Waals surface area contributed by atoms with Crippen LogP contribution < -0.4 is 15.9 Å². The molecule has 0 amide bonds. The van der Waals surface area contributed by atoms with Crippen LogP contribution in [0.5, 0.6) is 0 Å². The van der Waals surface area contributed by atoms with E-state index in [1.54, 1.807) is 18.6 Å². The Morgan fingerprint density at radius 3 is 2.62 bits per heavy atom. The van der Waals surface area contributed by atoms with Gasteiger partial charge >= 0.3 is 5.69 Å². The van der Waals surface area contributed by atoms with Gasteiger partial charge in [0.25, 0.3) is 0 Å². The van der Waals surface area contributed by atoms with Gasteiger partial charge in [0.1, 0.15) is 5.82 Å². The van der Waals surface area contributed by atoms with Crippen LogP contribution in [-0.2, 0) is 0 Å². The molecule has 0 saturated heterocycles. The fraction of sp³-hybridized carbons (Fsp3) is 0.100. The summed E-state index contributed by atoms with van der Waals surface area (Å²) in [4.78, 5) is 27.7. The van der Waals surface area contributed by atoms with Gasteiger partial charge in [0.2, 0.25) is 11.8 Å². The minimum atomic E-state index is -0.915. The second-order valence-corrected chi connectivity index (χ2v) is 9.93. The first-order valence-electron chi connectivity index (χ1n) is 9.25.